The molecular weight excluding hydrogens is 448 g/mol. The van der Waals surface area contributed by atoms with Gasteiger partial charge in [-0.05, 0) is 43.3 Å². The summed E-state index contributed by atoms with van der Waals surface area (Å²) in [6.45, 7) is 1.49. The molecule has 3 aromatic carbocycles. The minimum absolute atomic E-state index is 0.0625. The molecule has 4 rings (SSSR count). The third kappa shape index (κ3) is 6.63. The molecular formula is C25H22N6O2S. The number of Topliss-reactive ketones (excluding diaryl/α,β-unsaturated/α-hetero) is 1. The molecule has 0 aliphatic rings. The molecule has 3 N–H and O–H groups in total. The molecule has 0 aliphatic carbocycles. The highest BCUT2D eigenvalue weighted by molar-refractivity contribution is 7.99. The quantitative estimate of drug-likeness (QED) is 0.224. The van der Waals surface area contributed by atoms with E-state index in [-0.39, 0.29) is 17.4 Å². The third-order valence-corrected chi connectivity index (χ3v) is 5.41. The van der Waals surface area contributed by atoms with Crippen LogP contribution in [0.4, 0.5) is 29.0 Å². The minimum Gasteiger partial charge on any atom is -0.325 e. The molecule has 0 fully saturated rings. The topological polar surface area (TPSA) is 109 Å². The van der Waals surface area contributed by atoms with Crippen LogP contribution in [0.25, 0.3) is 0 Å². The Morgan fingerprint density at radius 3 is 1.85 bits per heavy atom. The van der Waals surface area contributed by atoms with Crippen molar-refractivity contribution in [3.63, 3.8) is 0 Å². The molecule has 4 aromatic rings. The lowest BCUT2D eigenvalue weighted by molar-refractivity contribution is -0.113. The van der Waals surface area contributed by atoms with Crippen LogP contribution in [0.1, 0.15) is 17.3 Å². The Kier molecular flexibility index (Phi) is 7.46. The molecule has 1 heterocycles. The van der Waals surface area contributed by atoms with Crippen LogP contribution in [0, 0.1) is 0 Å². The Morgan fingerprint density at radius 1 is 0.735 bits per heavy atom. The van der Waals surface area contributed by atoms with E-state index in [1.807, 2.05) is 60.7 Å². The smallest absolute Gasteiger partial charge is 0.234 e. The number of hydrogen-bond donors (Lipinski definition) is 3. The molecule has 0 radical (unpaired) electrons. The van der Waals surface area contributed by atoms with E-state index in [0.29, 0.717) is 28.3 Å². The molecule has 0 spiro atoms. The SMILES string of the molecule is CC(=O)c1cccc(NC(=O)CSc2nc(Nc3ccccc3)nc(Nc3ccccc3)n2)c1. The third-order valence-electron chi connectivity index (χ3n) is 4.56. The molecule has 34 heavy (non-hydrogen) atoms. The number of amides is 1. The zero-order valence-corrected chi connectivity index (χ0v) is 19.2. The Labute approximate surface area is 201 Å². The first-order valence-corrected chi connectivity index (χ1v) is 11.5. The maximum absolute atomic E-state index is 12.5. The van der Waals surface area contributed by atoms with E-state index in [4.69, 9.17) is 0 Å². The van der Waals surface area contributed by atoms with Gasteiger partial charge in [-0.3, -0.25) is 9.59 Å². The van der Waals surface area contributed by atoms with Gasteiger partial charge in [-0.25, -0.2) is 0 Å². The number of rotatable bonds is 9. The summed E-state index contributed by atoms with van der Waals surface area (Å²) in [5.74, 6) is 0.506. The lowest BCUT2D eigenvalue weighted by Gasteiger charge is -2.10. The fourth-order valence-corrected chi connectivity index (χ4v) is 3.61. The maximum Gasteiger partial charge on any atom is 0.234 e. The summed E-state index contributed by atoms with van der Waals surface area (Å²) in [6, 6.07) is 25.9. The van der Waals surface area contributed by atoms with Gasteiger partial charge in [0.2, 0.25) is 17.8 Å². The zero-order valence-electron chi connectivity index (χ0n) is 18.4. The number of nitrogens with zero attached hydrogens (tertiary/aromatic N) is 3. The van der Waals surface area contributed by atoms with Crippen LogP contribution in [0.15, 0.2) is 90.1 Å². The molecule has 0 saturated carbocycles. The van der Waals surface area contributed by atoms with E-state index in [1.165, 1.54) is 18.7 Å². The predicted octanol–water partition coefficient (Wildman–Crippen LogP) is 5.29. The van der Waals surface area contributed by atoms with Crippen LogP contribution >= 0.6 is 11.8 Å². The van der Waals surface area contributed by atoms with Crippen LogP contribution in [0.5, 0.6) is 0 Å². The Balaban J connectivity index is 1.48. The van der Waals surface area contributed by atoms with E-state index >= 15 is 0 Å². The highest BCUT2D eigenvalue weighted by Crippen LogP contribution is 2.22. The van der Waals surface area contributed by atoms with Crippen molar-refractivity contribution in [2.45, 2.75) is 12.1 Å². The van der Waals surface area contributed by atoms with Crippen molar-refractivity contribution >= 4 is 52.4 Å². The Bertz CT molecular complexity index is 1230. The van der Waals surface area contributed by atoms with Crippen molar-refractivity contribution in [3.8, 4) is 0 Å². The lowest BCUT2D eigenvalue weighted by atomic mass is 10.1. The van der Waals surface area contributed by atoms with Crippen molar-refractivity contribution in [1.82, 2.24) is 15.0 Å². The zero-order chi connectivity index (χ0) is 23.8. The monoisotopic (exact) mass is 470 g/mol. The Hall–Kier alpha value is -4.24. The summed E-state index contributed by atoms with van der Waals surface area (Å²) in [4.78, 5) is 37.4. The van der Waals surface area contributed by atoms with E-state index in [2.05, 4.69) is 30.9 Å². The number of para-hydroxylation sites is 2. The molecule has 1 aromatic heterocycles. The van der Waals surface area contributed by atoms with Crippen molar-refractivity contribution in [3.05, 3.63) is 90.5 Å². The van der Waals surface area contributed by atoms with Gasteiger partial charge in [0.1, 0.15) is 0 Å². The molecule has 0 atom stereocenters. The number of nitrogens with one attached hydrogen (secondary N) is 3. The average Bonchev–Trinajstić information content (AvgIpc) is 2.84. The van der Waals surface area contributed by atoms with E-state index in [9.17, 15) is 9.59 Å². The van der Waals surface area contributed by atoms with Gasteiger partial charge >= 0.3 is 0 Å². The van der Waals surface area contributed by atoms with Gasteiger partial charge in [0.05, 0.1) is 5.75 Å². The molecule has 0 bridgehead atoms. The fraction of sp³-hybridized carbons (Fsp3) is 0.0800. The summed E-state index contributed by atoms with van der Waals surface area (Å²) in [7, 11) is 0. The summed E-state index contributed by atoms with van der Waals surface area (Å²) in [5.41, 5.74) is 2.76. The number of hydrogen-bond acceptors (Lipinski definition) is 8. The normalized spacial score (nSPS) is 10.4. The summed E-state index contributed by atoms with van der Waals surface area (Å²) < 4.78 is 0. The second kappa shape index (κ2) is 11.1. The van der Waals surface area contributed by atoms with Gasteiger partial charge in [0.15, 0.2) is 10.9 Å². The van der Waals surface area contributed by atoms with Gasteiger partial charge in [-0.15, -0.1) is 0 Å². The maximum atomic E-state index is 12.5. The molecule has 0 aliphatic heterocycles. The van der Waals surface area contributed by atoms with Crippen molar-refractivity contribution < 1.29 is 9.59 Å². The summed E-state index contributed by atoms with van der Waals surface area (Å²) >= 11 is 1.19. The highest BCUT2D eigenvalue weighted by Gasteiger charge is 2.11. The molecule has 0 unspecified atom stereocenters. The van der Waals surface area contributed by atoms with E-state index < -0.39 is 0 Å². The number of aromatic nitrogens is 3. The standard InChI is InChI=1S/C25H22N6O2S/c1-17(32)18-9-8-14-21(15-18)26-22(33)16-34-25-30-23(27-19-10-4-2-5-11-19)29-24(31-25)28-20-12-6-3-7-13-20/h2-15H,16H2,1H3,(H,26,33)(H2,27,28,29,30,31). The van der Waals surface area contributed by atoms with Gasteiger partial charge in [-0.1, -0.05) is 60.3 Å². The molecule has 9 heteroatoms. The van der Waals surface area contributed by atoms with Crippen LogP contribution in [-0.2, 0) is 4.79 Å². The van der Waals surface area contributed by atoms with Crippen LogP contribution in [0.2, 0.25) is 0 Å². The number of ketones is 1. The van der Waals surface area contributed by atoms with Gasteiger partial charge in [-0.2, -0.15) is 15.0 Å². The number of carbonyl (C=O) groups excluding carboxylic acids is 2. The van der Waals surface area contributed by atoms with Gasteiger partial charge < -0.3 is 16.0 Å². The van der Waals surface area contributed by atoms with E-state index in [1.54, 1.807) is 24.3 Å². The average molecular weight is 471 g/mol. The lowest BCUT2D eigenvalue weighted by Crippen LogP contribution is -2.15. The van der Waals surface area contributed by atoms with Crippen molar-refractivity contribution in [1.29, 1.82) is 0 Å². The summed E-state index contributed by atoms with van der Waals surface area (Å²) in [6.07, 6.45) is 0. The Morgan fingerprint density at radius 2 is 1.29 bits per heavy atom. The van der Waals surface area contributed by atoms with Crippen molar-refractivity contribution in [2.24, 2.45) is 0 Å². The number of thioether (sulfide) groups is 1. The van der Waals surface area contributed by atoms with Gasteiger partial charge in [0, 0.05) is 22.6 Å². The minimum atomic E-state index is -0.235. The first-order chi connectivity index (χ1) is 16.5. The van der Waals surface area contributed by atoms with Crippen LogP contribution in [0.3, 0.4) is 0 Å². The fourth-order valence-electron chi connectivity index (χ4n) is 2.98. The molecule has 8 nitrogen and oxygen atoms in total. The van der Waals surface area contributed by atoms with Crippen molar-refractivity contribution in [2.75, 3.05) is 21.7 Å². The first-order valence-electron chi connectivity index (χ1n) is 10.5. The summed E-state index contributed by atoms with van der Waals surface area (Å²) in [5, 5.41) is 9.52. The molecule has 170 valence electrons. The number of anilines is 5. The second-order valence-corrected chi connectivity index (χ2v) is 8.16. The number of benzene rings is 3. The van der Waals surface area contributed by atoms with Crippen LogP contribution < -0.4 is 16.0 Å². The number of carbonyl (C=O) groups is 2. The first kappa shape index (κ1) is 22.9. The molecule has 1 amide bonds. The highest BCUT2D eigenvalue weighted by atomic mass is 32.2. The van der Waals surface area contributed by atoms with E-state index in [0.717, 1.165) is 11.4 Å². The van der Waals surface area contributed by atoms with Gasteiger partial charge in [0.25, 0.3) is 0 Å². The second-order valence-electron chi connectivity index (χ2n) is 7.22. The molecule has 0 saturated heterocycles. The predicted molar refractivity (Wildman–Crippen MR) is 135 cm³/mol. The van der Waals surface area contributed by atoms with Crippen LogP contribution in [-0.4, -0.2) is 32.4 Å². The largest absolute Gasteiger partial charge is 0.325 e.